The Labute approximate surface area is 170 Å². The Morgan fingerprint density at radius 2 is 1.93 bits per heavy atom. The maximum absolute atomic E-state index is 11.9. The van der Waals surface area contributed by atoms with Crippen LogP contribution in [0.3, 0.4) is 0 Å². The minimum atomic E-state index is -0.247. The van der Waals surface area contributed by atoms with Gasteiger partial charge in [0, 0.05) is 27.6 Å². The Balaban J connectivity index is 1.27. The summed E-state index contributed by atoms with van der Waals surface area (Å²) in [6.45, 7) is -0.0329. The molecule has 0 saturated carbocycles. The number of amides is 4. The fraction of sp³-hybridized carbons (Fsp3) is 0.500. The Hall–Kier alpha value is -1.74. The summed E-state index contributed by atoms with van der Waals surface area (Å²) >= 11 is 5.21. The van der Waals surface area contributed by atoms with Gasteiger partial charge in [-0.15, -0.1) is 0 Å². The van der Waals surface area contributed by atoms with E-state index in [1.807, 2.05) is 23.9 Å². The molecule has 4 N–H and O–H groups in total. The van der Waals surface area contributed by atoms with Gasteiger partial charge < -0.3 is 21.3 Å². The number of fused-ring (bicyclic) bond motifs is 1. The van der Waals surface area contributed by atoms with Crippen molar-refractivity contribution in [2.75, 3.05) is 17.6 Å². The molecule has 0 bridgehead atoms. The molecule has 1 aromatic carbocycles. The highest BCUT2D eigenvalue weighted by Crippen LogP contribution is 2.33. The monoisotopic (exact) mass is 454 g/mol. The Bertz CT molecular complexity index is 700. The number of rotatable bonds is 8. The molecule has 4 amide bonds. The number of carbonyl (C=O) groups excluding carboxylic acids is 3. The molecule has 27 heavy (non-hydrogen) atoms. The third-order valence-electron chi connectivity index (χ3n) is 4.65. The molecular weight excluding hydrogens is 432 g/mol. The van der Waals surface area contributed by atoms with Crippen molar-refractivity contribution in [2.45, 2.75) is 43.0 Å². The van der Waals surface area contributed by atoms with Crippen molar-refractivity contribution in [1.82, 2.24) is 16.0 Å². The van der Waals surface area contributed by atoms with Crippen molar-refractivity contribution in [3.63, 3.8) is 0 Å². The van der Waals surface area contributed by atoms with E-state index in [4.69, 9.17) is 0 Å². The summed E-state index contributed by atoms with van der Waals surface area (Å²) in [6, 6.07) is 7.63. The van der Waals surface area contributed by atoms with Crippen molar-refractivity contribution in [1.29, 1.82) is 0 Å². The lowest BCUT2D eigenvalue weighted by Crippen LogP contribution is -2.36. The van der Waals surface area contributed by atoms with E-state index in [-0.39, 0.29) is 36.5 Å². The number of nitrogens with one attached hydrogen (secondary N) is 4. The summed E-state index contributed by atoms with van der Waals surface area (Å²) < 4.78 is 0.937. The maximum atomic E-state index is 11.9. The lowest BCUT2D eigenvalue weighted by atomic mass is 10.0. The molecule has 0 unspecified atom stereocenters. The molecular formula is C18H23BrN4O3S. The van der Waals surface area contributed by atoms with Crippen molar-refractivity contribution < 1.29 is 14.4 Å². The summed E-state index contributed by atoms with van der Waals surface area (Å²) in [4.78, 5) is 35.1. The van der Waals surface area contributed by atoms with Gasteiger partial charge in [-0.3, -0.25) is 9.59 Å². The van der Waals surface area contributed by atoms with Gasteiger partial charge in [-0.2, -0.15) is 11.8 Å². The molecule has 2 fully saturated rings. The van der Waals surface area contributed by atoms with E-state index in [1.165, 1.54) is 0 Å². The van der Waals surface area contributed by atoms with Crippen molar-refractivity contribution >= 4 is 51.2 Å². The SMILES string of the molecule is O=C(CCCC[C@@H]1SC[C@@H]2NC(=O)N[C@@H]21)NCC(=O)Nc1ccc(Br)cc1. The van der Waals surface area contributed by atoms with E-state index < -0.39 is 0 Å². The normalized spacial score (nSPS) is 23.3. The fourth-order valence-corrected chi connectivity index (χ4v) is 5.09. The highest BCUT2D eigenvalue weighted by molar-refractivity contribution is 9.10. The van der Waals surface area contributed by atoms with E-state index in [2.05, 4.69) is 37.2 Å². The minimum absolute atomic E-state index is 0.0329. The second kappa shape index (κ2) is 9.45. The molecule has 2 aliphatic heterocycles. The number of hydrogen-bond acceptors (Lipinski definition) is 4. The van der Waals surface area contributed by atoms with Crippen LogP contribution in [0.2, 0.25) is 0 Å². The van der Waals surface area contributed by atoms with Gasteiger partial charge in [0.15, 0.2) is 0 Å². The van der Waals surface area contributed by atoms with Crippen molar-refractivity contribution in [3.8, 4) is 0 Å². The number of unbranched alkanes of at least 4 members (excludes halogenated alkanes) is 1. The Kier molecular flexibility index (Phi) is 7.01. The van der Waals surface area contributed by atoms with Crippen LogP contribution in [-0.4, -0.2) is 47.5 Å². The van der Waals surface area contributed by atoms with Gasteiger partial charge in [-0.05, 0) is 37.1 Å². The molecule has 3 rings (SSSR count). The van der Waals surface area contributed by atoms with Crippen LogP contribution in [0.1, 0.15) is 25.7 Å². The predicted molar refractivity (Wildman–Crippen MR) is 110 cm³/mol. The summed E-state index contributed by atoms with van der Waals surface area (Å²) in [5.41, 5.74) is 0.693. The molecule has 0 radical (unpaired) electrons. The summed E-state index contributed by atoms with van der Waals surface area (Å²) in [7, 11) is 0. The Morgan fingerprint density at radius 3 is 2.70 bits per heavy atom. The van der Waals surface area contributed by atoms with Crippen LogP contribution in [0, 0.1) is 0 Å². The van der Waals surface area contributed by atoms with Gasteiger partial charge in [0.1, 0.15) is 0 Å². The van der Waals surface area contributed by atoms with Crippen LogP contribution in [0.5, 0.6) is 0 Å². The zero-order valence-corrected chi connectivity index (χ0v) is 17.2. The molecule has 2 heterocycles. The molecule has 0 aliphatic carbocycles. The lowest BCUT2D eigenvalue weighted by Gasteiger charge is -2.16. The molecule has 0 aromatic heterocycles. The van der Waals surface area contributed by atoms with Crippen molar-refractivity contribution in [2.24, 2.45) is 0 Å². The molecule has 2 aliphatic rings. The molecule has 2 saturated heterocycles. The largest absolute Gasteiger partial charge is 0.347 e. The first-order valence-corrected chi connectivity index (χ1v) is 10.9. The highest BCUT2D eigenvalue weighted by Gasteiger charge is 2.42. The van der Waals surface area contributed by atoms with E-state index in [0.717, 1.165) is 29.5 Å². The average molecular weight is 455 g/mol. The van der Waals surface area contributed by atoms with Crippen LogP contribution >= 0.6 is 27.7 Å². The summed E-state index contributed by atoms with van der Waals surface area (Å²) in [6.07, 6.45) is 3.08. The number of halogens is 1. The molecule has 146 valence electrons. The zero-order valence-electron chi connectivity index (χ0n) is 14.8. The first kappa shape index (κ1) is 20.0. The number of urea groups is 1. The van der Waals surface area contributed by atoms with Gasteiger partial charge in [-0.25, -0.2) is 4.79 Å². The third-order valence-corrected chi connectivity index (χ3v) is 6.69. The van der Waals surface area contributed by atoms with Crippen molar-refractivity contribution in [3.05, 3.63) is 28.7 Å². The quantitative estimate of drug-likeness (QED) is 0.357. The summed E-state index contributed by atoms with van der Waals surface area (Å²) in [5.74, 6) is 0.583. The number of thioether (sulfide) groups is 1. The number of anilines is 1. The van der Waals surface area contributed by atoms with Gasteiger partial charge in [0.25, 0.3) is 0 Å². The second-order valence-electron chi connectivity index (χ2n) is 6.70. The van der Waals surface area contributed by atoms with E-state index in [1.54, 1.807) is 12.1 Å². The first-order valence-electron chi connectivity index (χ1n) is 9.02. The van der Waals surface area contributed by atoms with Crippen LogP contribution in [0.25, 0.3) is 0 Å². The fourth-order valence-electron chi connectivity index (χ4n) is 3.28. The van der Waals surface area contributed by atoms with Gasteiger partial charge >= 0.3 is 6.03 Å². The molecule has 7 nitrogen and oxygen atoms in total. The number of benzene rings is 1. The minimum Gasteiger partial charge on any atom is -0.347 e. The predicted octanol–water partition coefficient (Wildman–Crippen LogP) is 2.23. The van der Waals surface area contributed by atoms with E-state index in [9.17, 15) is 14.4 Å². The second-order valence-corrected chi connectivity index (χ2v) is 8.89. The smallest absolute Gasteiger partial charge is 0.315 e. The van der Waals surface area contributed by atoms with Crippen LogP contribution in [0.4, 0.5) is 10.5 Å². The highest BCUT2D eigenvalue weighted by atomic mass is 79.9. The topological polar surface area (TPSA) is 99.3 Å². The van der Waals surface area contributed by atoms with Crippen LogP contribution in [0.15, 0.2) is 28.7 Å². The van der Waals surface area contributed by atoms with Crippen LogP contribution in [-0.2, 0) is 9.59 Å². The average Bonchev–Trinajstić information content (AvgIpc) is 3.18. The van der Waals surface area contributed by atoms with Crippen LogP contribution < -0.4 is 21.3 Å². The molecule has 1 aromatic rings. The molecule has 3 atom stereocenters. The first-order chi connectivity index (χ1) is 13.0. The number of hydrogen-bond donors (Lipinski definition) is 4. The standard InChI is InChI=1S/C18H23BrN4O3S/c19-11-5-7-12(8-6-11)21-16(25)9-20-15(24)4-2-1-3-14-17-13(10-27-14)22-18(26)23-17/h5-8,13-14,17H,1-4,9-10H2,(H,20,24)(H,21,25)(H2,22,23,26)/t13-,14-,17-/m0/s1. The zero-order chi connectivity index (χ0) is 19.2. The van der Waals surface area contributed by atoms with Gasteiger partial charge in [-0.1, -0.05) is 22.4 Å². The maximum Gasteiger partial charge on any atom is 0.315 e. The molecule has 0 spiro atoms. The third kappa shape index (κ3) is 5.87. The molecule has 9 heteroatoms. The summed E-state index contributed by atoms with van der Waals surface area (Å²) in [5, 5.41) is 11.7. The van der Waals surface area contributed by atoms with E-state index >= 15 is 0 Å². The number of carbonyl (C=O) groups is 3. The lowest BCUT2D eigenvalue weighted by molar-refractivity contribution is -0.124. The van der Waals surface area contributed by atoms with E-state index in [0.29, 0.717) is 17.4 Å². The van der Waals surface area contributed by atoms with Gasteiger partial charge in [0.05, 0.1) is 18.6 Å². The van der Waals surface area contributed by atoms with Gasteiger partial charge in [0.2, 0.25) is 11.8 Å². The Morgan fingerprint density at radius 1 is 1.15 bits per heavy atom.